The smallest absolute Gasteiger partial charge is 0.271 e. The van der Waals surface area contributed by atoms with E-state index in [0.29, 0.717) is 26.0 Å². The van der Waals surface area contributed by atoms with Crippen molar-refractivity contribution < 1.29 is 9.84 Å². The molecule has 0 radical (unpaired) electrons. The molecule has 1 N–H and O–H groups in total. The Morgan fingerprint density at radius 1 is 1.14 bits per heavy atom. The van der Waals surface area contributed by atoms with Gasteiger partial charge in [0, 0.05) is 15.6 Å². The fourth-order valence-corrected chi connectivity index (χ4v) is 7.32. The molecule has 4 aromatic rings. The average Bonchev–Trinajstić information content (AvgIpc) is 3.21. The molecule has 1 aliphatic heterocycles. The third-order valence-electron chi connectivity index (χ3n) is 6.72. The molecule has 1 unspecified atom stereocenters. The van der Waals surface area contributed by atoms with Crippen LogP contribution in [0.4, 0.5) is 0 Å². The van der Waals surface area contributed by atoms with Crippen LogP contribution in [0.2, 0.25) is 0 Å². The van der Waals surface area contributed by atoms with E-state index in [0.717, 1.165) is 45.5 Å². The molecule has 1 aromatic heterocycles. The van der Waals surface area contributed by atoms with Crippen molar-refractivity contribution in [3.8, 4) is 11.5 Å². The number of ether oxygens (including phenoxy) is 1. The summed E-state index contributed by atoms with van der Waals surface area (Å²) in [5.74, 6) is 0.892. The van der Waals surface area contributed by atoms with Crippen LogP contribution >= 0.6 is 43.2 Å². The molecule has 37 heavy (non-hydrogen) atoms. The lowest BCUT2D eigenvalue weighted by Gasteiger charge is -2.30. The van der Waals surface area contributed by atoms with E-state index >= 15 is 0 Å². The minimum absolute atomic E-state index is 0.0883. The van der Waals surface area contributed by atoms with Crippen molar-refractivity contribution in [1.29, 1.82) is 0 Å². The summed E-state index contributed by atoms with van der Waals surface area (Å²) in [6.45, 7) is 2.56. The van der Waals surface area contributed by atoms with Crippen molar-refractivity contribution in [3.63, 3.8) is 0 Å². The number of fused-ring (bicyclic) bond motifs is 3. The number of aromatic hydroxyl groups is 1. The number of rotatable bonds is 4. The van der Waals surface area contributed by atoms with Crippen molar-refractivity contribution in [2.45, 2.75) is 25.8 Å². The zero-order valence-corrected chi connectivity index (χ0v) is 23.9. The molecule has 0 spiro atoms. The second kappa shape index (κ2) is 9.74. The van der Waals surface area contributed by atoms with Gasteiger partial charge in [-0.3, -0.25) is 9.36 Å². The Balaban J connectivity index is 1.60. The zero-order chi connectivity index (χ0) is 25.7. The number of aromatic nitrogens is 1. The van der Waals surface area contributed by atoms with Crippen molar-refractivity contribution >= 4 is 55.0 Å². The summed E-state index contributed by atoms with van der Waals surface area (Å²) in [4.78, 5) is 19.6. The van der Waals surface area contributed by atoms with E-state index in [4.69, 9.17) is 9.73 Å². The molecule has 1 atom stereocenters. The Bertz CT molecular complexity index is 1750. The first-order valence-electron chi connectivity index (χ1n) is 12.0. The lowest BCUT2D eigenvalue weighted by atomic mass is 9.83. The van der Waals surface area contributed by atoms with Gasteiger partial charge in [-0.2, -0.15) is 0 Å². The monoisotopic (exact) mass is 636 g/mol. The highest BCUT2D eigenvalue weighted by Gasteiger charge is 2.32. The summed E-state index contributed by atoms with van der Waals surface area (Å²) >= 11 is 8.20. The molecule has 0 bridgehead atoms. The second-order valence-corrected chi connectivity index (χ2v) is 11.7. The number of hydrogen-bond donors (Lipinski definition) is 1. The van der Waals surface area contributed by atoms with Crippen LogP contribution in [0.3, 0.4) is 0 Å². The van der Waals surface area contributed by atoms with E-state index in [2.05, 4.69) is 50.1 Å². The average molecular weight is 638 g/mol. The van der Waals surface area contributed by atoms with Gasteiger partial charge in [0.2, 0.25) is 0 Å². The third-order valence-corrected chi connectivity index (χ3v) is 8.77. The van der Waals surface area contributed by atoms with Gasteiger partial charge < -0.3 is 9.84 Å². The van der Waals surface area contributed by atoms with E-state index in [1.54, 1.807) is 18.2 Å². The standard InChI is InChI=1S/C29H22Br2N2O3S/c1-2-36-20-10-7-17(8-11-20)26-22-12-9-16-5-3-4-6-21(16)25(22)32-29-33(26)28(35)24(37-29)14-18-13-19(30)15-23(31)27(18)34/h3-8,10-11,13-15,26,34H,2,9,12H2,1H3. The highest BCUT2D eigenvalue weighted by molar-refractivity contribution is 9.11. The summed E-state index contributed by atoms with van der Waals surface area (Å²) in [6.07, 6.45) is 3.47. The molecule has 0 amide bonds. The number of nitrogens with zero attached hydrogens (tertiary/aromatic N) is 2. The Morgan fingerprint density at radius 3 is 2.70 bits per heavy atom. The lowest BCUT2D eigenvalue weighted by molar-refractivity contribution is 0.340. The molecule has 0 saturated carbocycles. The molecule has 3 aromatic carbocycles. The molecule has 0 saturated heterocycles. The molecule has 2 heterocycles. The number of phenols is 1. The van der Waals surface area contributed by atoms with Crippen molar-refractivity contribution in [2.24, 2.45) is 4.99 Å². The van der Waals surface area contributed by atoms with Gasteiger partial charge in [-0.15, -0.1) is 0 Å². The van der Waals surface area contributed by atoms with Crippen LogP contribution in [0.15, 0.2) is 85.0 Å². The lowest BCUT2D eigenvalue weighted by Crippen LogP contribution is -2.38. The molecule has 2 aliphatic rings. The number of phenolic OH excluding ortho intramolecular Hbond substituents is 1. The van der Waals surface area contributed by atoms with E-state index in [1.807, 2.05) is 41.8 Å². The van der Waals surface area contributed by atoms with Gasteiger partial charge in [0.15, 0.2) is 4.80 Å². The van der Waals surface area contributed by atoms with Crippen molar-refractivity contribution in [2.75, 3.05) is 6.61 Å². The van der Waals surface area contributed by atoms with E-state index < -0.39 is 0 Å². The molecule has 186 valence electrons. The van der Waals surface area contributed by atoms with E-state index in [-0.39, 0.29) is 17.4 Å². The normalized spacial score (nSPS) is 16.6. The van der Waals surface area contributed by atoms with Crippen LogP contribution in [0.5, 0.6) is 11.5 Å². The largest absolute Gasteiger partial charge is 0.506 e. The summed E-state index contributed by atoms with van der Waals surface area (Å²) in [7, 11) is 0. The fraction of sp³-hybridized carbons (Fsp3) is 0.172. The Kier molecular flexibility index (Phi) is 6.42. The van der Waals surface area contributed by atoms with Gasteiger partial charge in [-0.1, -0.05) is 63.7 Å². The summed E-state index contributed by atoms with van der Waals surface area (Å²) in [5.41, 5.74) is 5.97. The minimum Gasteiger partial charge on any atom is -0.506 e. The first-order chi connectivity index (χ1) is 17.9. The van der Waals surface area contributed by atoms with Crippen LogP contribution in [-0.4, -0.2) is 16.3 Å². The summed E-state index contributed by atoms with van der Waals surface area (Å²) in [5, 5.41) is 10.6. The summed E-state index contributed by atoms with van der Waals surface area (Å²) < 4.78 is 9.34. The van der Waals surface area contributed by atoms with Crippen LogP contribution in [0, 0.1) is 0 Å². The zero-order valence-electron chi connectivity index (χ0n) is 19.9. The molecule has 0 fully saturated rings. The number of aryl methyl sites for hydroxylation is 1. The number of hydrogen-bond acceptors (Lipinski definition) is 5. The fourth-order valence-electron chi connectivity index (χ4n) is 5.07. The minimum atomic E-state index is -0.264. The Hall–Kier alpha value is -2.94. The molecule has 6 rings (SSSR count). The first kappa shape index (κ1) is 24.4. The van der Waals surface area contributed by atoms with Gasteiger partial charge >= 0.3 is 0 Å². The Morgan fingerprint density at radius 2 is 1.92 bits per heavy atom. The number of halogens is 2. The molecular formula is C29H22Br2N2O3S. The number of allylic oxidation sites excluding steroid dienone is 1. The topological polar surface area (TPSA) is 63.8 Å². The second-order valence-electron chi connectivity index (χ2n) is 8.94. The molecule has 8 heteroatoms. The van der Waals surface area contributed by atoms with E-state index in [1.165, 1.54) is 16.9 Å². The van der Waals surface area contributed by atoms with Gasteiger partial charge in [-0.05, 0) is 82.7 Å². The highest BCUT2D eigenvalue weighted by atomic mass is 79.9. The van der Waals surface area contributed by atoms with Gasteiger partial charge in [0.1, 0.15) is 11.5 Å². The molecule has 5 nitrogen and oxygen atoms in total. The molecule has 1 aliphatic carbocycles. The van der Waals surface area contributed by atoms with Crippen molar-refractivity contribution in [1.82, 2.24) is 4.57 Å². The van der Waals surface area contributed by atoms with Gasteiger partial charge in [0.05, 0.1) is 27.4 Å². The maximum absolute atomic E-state index is 13.9. The van der Waals surface area contributed by atoms with Crippen LogP contribution in [-0.2, 0) is 6.42 Å². The Labute approximate surface area is 234 Å². The van der Waals surface area contributed by atoms with Crippen LogP contribution < -0.4 is 19.6 Å². The predicted octanol–water partition coefficient (Wildman–Crippen LogP) is 5.95. The van der Waals surface area contributed by atoms with Crippen LogP contribution in [0.25, 0.3) is 11.8 Å². The first-order valence-corrected chi connectivity index (χ1v) is 14.4. The van der Waals surface area contributed by atoms with Gasteiger partial charge in [0.25, 0.3) is 5.56 Å². The van der Waals surface area contributed by atoms with Crippen molar-refractivity contribution in [3.05, 3.63) is 117 Å². The highest BCUT2D eigenvalue weighted by Crippen LogP contribution is 2.41. The quantitative estimate of drug-likeness (QED) is 0.301. The molecular weight excluding hydrogens is 616 g/mol. The number of thiazole rings is 1. The number of benzene rings is 3. The SMILES string of the molecule is CCOc1ccc(C2C3=C(N=c4sc(=Cc5cc(Br)cc(Br)c5O)c(=O)n42)c2ccccc2CC3)cc1. The van der Waals surface area contributed by atoms with Gasteiger partial charge in [-0.25, -0.2) is 4.99 Å². The van der Waals surface area contributed by atoms with Crippen LogP contribution in [0.1, 0.15) is 41.6 Å². The predicted molar refractivity (Wildman–Crippen MR) is 154 cm³/mol. The maximum Gasteiger partial charge on any atom is 0.271 e. The van der Waals surface area contributed by atoms with E-state index in [9.17, 15) is 9.90 Å². The third kappa shape index (κ3) is 4.31. The summed E-state index contributed by atoms with van der Waals surface area (Å²) in [6, 6.07) is 19.7. The maximum atomic E-state index is 13.9.